The predicted octanol–water partition coefficient (Wildman–Crippen LogP) is 3.43. The van der Waals surface area contributed by atoms with Crippen LogP contribution in [0.5, 0.6) is 0 Å². The number of carbonyl (C=O) groups excluding carboxylic acids is 1. The Hall–Kier alpha value is -0.910. The Balaban J connectivity index is 1.82. The highest BCUT2D eigenvalue weighted by molar-refractivity contribution is 9.10. The summed E-state index contributed by atoms with van der Waals surface area (Å²) in [6, 6.07) is 6.74. The van der Waals surface area contributed by atoms with Gasteiger partial charge in [-0.05, 0) is 55.4 Å². The van der Waals surface area contributed by atoms with E-state index in [1.54, 1.807) is 6.92 Å². The van der Waals surface area contributed by atoms with E-state index >= 15 is 0 Å². The van der Waals surface area contributed by atoms with Gasteiger partial charge in [0.25, 0.3) is 0 Å². The van der Waals surface area contributed by atoms with Gasteiger partial charge in [-0.2, -0.15) is 0 Å². The zero-order valence-corrected chi connectivity index (χ0v) is 16.6. The van der Waals surface area contributed by atoms with Crippen molar-refractivity contribution in [3.63, 3.8) is 0 Å². The first-order valence-electron chi connectivity index (χ1n) is 9.53. The third-order valence-electron chi connectivity index (χ3n) is 5.52. The molecule has 25 heavy (non-hydrogen) atoms. The molecule has 4 nitrogen and oxygen atoms in total. The van der Waals surface area contributed by atoms with Gasteiger partial charge in [-0.3, -0.25) is 4.79 Å². The highest BCUT2D eigenvalue weighted by atomic mass is 79.9. The quantitative estimate of drug-likeness (QED) is 0.784. The Morgan fingerprint density at radius 1 is 1.36 bits per heavy atom. The summed E-state index contributed by atoms with van der Waals surface area (Å²) < 4.78 is 1.09. The summed E-state index contributed by atoms with van der Waals surface area (Å²) in [6.07, 6.45) is 6.77. The number of halogens is 1. The second kappa shape index (κ2) is 8.65. The standard InChI is InChI=1S/C20H29BrN2O2/c1-14(24)12-22-13-19(25)23-10-9-15-7-8-17(21)11-18(15)20(23)16-5-3-2-4-6-16/h7-8,11,14,16,20,22,24H,2-6,9-10,12-13H2,1H3/t14-,20?/m1/s1. The van der Waals surface area contributed by atoms with Crippen LogP contribution in [0, 0.1) is 5.92 Å². The molecule has 1 aromatic rings. The van der Waals surface area contributed by atoms with Crippen LogP contribution >= 0.6 is 15.9 Å². The lowest BCUT2D eigenvalue weighted by atomic mass is 9.77. The van der Waals surface area contributed by atoms with Crippen LogP contribution in [0.4, 0.5) is 0 Å². The van der Waals surface area contributed by atoms with Gasteiger partial charge >= 0.3 is 0 Å². The molecule has 1 aromatic carbocycles. The van der Waals surface area contributed by atoms with E-state index in [9.17, 15) is 9.90 Å². The summed E-state index contributed by atoms with van der Waals surface area (Å²) in [7, 11) is 0. The Morgan fingerprint density at radius 3 is 2.84 bits per heavy atom. The van der Waals surface area contributed by atoms with Gasteiger partial charge in [0.05, 0.1) is 18.7 Å². The SMILES string of the molecule is C[C@@H](O)CNCC(=O)N1CCc2ccc(Br)cc2C1C1CCCCC1. The second-order valence-electron chi connectivity index (χ2n) is 7.50. The van der Waals surface area contributed by atoms with Gasteiger partial charge in [-0.25, -0.2) is 0 Å². The maximum Gasteiger partial charge on any atom is 0.237 e. The number of amides is 1. The van der Waals surface area contributed by atoms with Crippen LogP contribution in [0.2, 0.25) is 0 Å². The highest BCUT2D eigenvalue weighted by Gasteiger charge is 2.36. The number of nitrogens with one attached hydrogen (secondary N) is 1. The fraction of sp³-hybridized carbons (Fsp3) is 0.650. The van der Waals surface area contributed by atoms with Crippen LogP contribution in [0.1, 0.15) is 56.2 Å². The van der Waals surface area contributed by atoms with Crippen LogP contribution < -0.4 is 5.32 Å². The zero-order valence-electron chi connectivity index (χ0n) is 15.0. The van der Waals surface area contributed by atoms with E-state index in [1.165, 1.54) is 43.2 Å². The number of nitrogens with zero attached hydrogens (tertiary/aromatic N) is 1. The summed E-state index contributed by atoms with van der Waals surface area (Å²) in [5.41, 5.74) is 2.72. The van der Waals surface area contributed by atoms with Crippen molar-refractivity contribution in [2.24, 2.45) is 5.92 Å². The van der Waals surface area contributed by atoms with Crippen molar-refractivity contribution in [3.05, 3.63) is 33.8 Å². The van der Waals surface area contributed by atoms with Crippen molar-refractivity contribution in [1.82, 2.24) is 10.2 Å². The summed E-state index contributed by atoms with van der Waals surface area (Å²) in [6.45, 7) is 3.29. The van der Waals surface area contributed by atoms with Crippen molar-refractivity contribution in [3.8, 4) is 0 Å². The normalized spacial score (nSPS) is 22.5. The smallest absolute Gasteiger partial charge is 0.237 e. The fourth-order valence-corrected chi connectivity index (χ4v) is 4.72. The fourth-order valence-electron chi connectivity index (χ4n) is 4.34. The molecule has 2 aliphatic rings. The molecule has 2 atom stereocenters. The summed E-state index contributed by atoms with van der Waals surface area (Å²) in [5, 5.41) is 12.5. The molecule has 1 amide bonds. The third kappa shape index (κ3) is 4.63. The molecule has 1 unspecified atom stereocenters. The van der Waals surface area contributed by atoms with Gasteiger partial charge < -0.3 is 15.3 Å². The van der Waals surface area contributed by atoms with E-state index in [4.69, 9.17) is 0 Å². The van der Waals surface area contributed by atoms with Crippen LogP contribution in [0.25, 0.3) is 0 Å². The molecule has 1 saturated carbocycles. The molecule has 0 saturated heterocycles. The molecule has 1 aliphatic heterocycles. The molecule has 0 radical (unpaired) electrons. The van der Waals surface area contributed by atoms with Gasteiger partial charge in [0.15, 0.2) is 0 Å². The Bertz CT molecular complexity index is 599. The molecule has 0 bridgehead atoms. The molecule has 1 aliphatic carbocycles. The van der Waals surface area contributed by atoms with Crippen LogP contribution in [-0.2, 0) is 11.2 Å². The molecule has 0 aromatic heterocycles. The molecule has 2 N–H and O–H groups in total. The molecular formula is C20H29BrN2O2. The van der Waals surface area contributed by atoms with Gasteiger partial charge in [0.2, 0.25) is 5.91 Å². The average molecular weight is 409 g/mol. The Labute approximate surface area is 159 Å². The van der Waals surface area contributed by atoms with Crippen LogP contribution in [0.3, 0.4) is 0 Å². The summed E-state index contributed by atoms with van der Waals surface area (Å²) in [5.74, 6) is 0.713. The Morgan fingerprint density at radius 2 is 2.12 bits per heavy atom. The van der Waals surface area contributed by atoms with E-state index in [0.29, 0.717) is 19.0 Å². The minimum atomic E-state index is -0.431. The average Bonchev–Trinajstić information content (AvgIpc) is 2.61. The number of fused-ring (bicyclic) bond motifs is 1. The first-order chi connectivity index (χ1) is 12.1. The van der Waals surface area contributed by atoms with Gasteiger partial charge in [0.1, 0.15) is 0 Å². The monoisotopic (exact) mass is 408 g/mol. The number of hydrogen-bond donors (Lipinski definition) is 2. The van der Waals surface area contributed by atoms with Crippen LogP contribution in [0.15, 0.2) is 22.7 Å². The molecular weight excluding hydrogens is 380 g/mol. The first-order valence-corrected chi connectivity index (χ1v) is 10.3. The number of aliphatic hydroxyl groups is 1. The molecule has 3 rings (SSSR count). The molecule has 0 spiro atoms. The van der Waals surface area contributed by atoms with E-state index in [0.717, 1.165) is 17.4 Å². The third-order valence-corrected chi connectivity index (χ3v) is 6.01. The number of carbonyl (C=O) groups is 1. The zero-order chi connectivity index (χ0) is 17.8. The van der Waals surface area contributed by atoms with Crippen molar-refractivity contribution in [2.75, 3.05) is 19.6 Å². The largest absolute Gasteiger partial charge is 0.392 e. The highest BCUT2D eigenvalue weighted by Crippen LogP contribution is 2.42. The number of benzene rings is 1. The maximum absolute atomic E-state index is 12.9. The Kier molecular flexibility index (Phi) is 6.53. The minimum Gasteiger partial charge on any atom is -0.392 e. The van der Waals surface area contributed by atoms with Crippen molar-refractivity contribution >= 4 is 21.8 Å². The molecule has 138 valence electrons. The van der Waals surface area contributed by atoms with E-state index < -0.39 is 6.10 Å². The van der Waals surface area contributed by atoms with E-state index in [2.05, 4.69) is 44.3 Å². The lowest BCUT2D eigenvalue weighted by Gasteiger charge is -2.43. The van der Waals surface area contributed by atoms with E-state index in [1.807, 2.05) is 0 Å². The van der Waals surface area contributed by atoms with Crippen LogP contribution in [-0.4, -0.2) is 41.7 Å². The summed E-state index contributed by atoms with van der Waals surface area (Å²) in [4.78, 5) is 15.0. The topological polar surface area (TPSA) is 52.6 Å². The summed E-state index contributed by atoms with van der Waals surface area (Å²) >= 11 is 3.61. The van der Waals surface area contributed by atoms with Crippen molar-refractivity contribution < 1.29 is 9.90 Å². The number of aliphatic hydroxyl groups excluding tert-OH is 1. The van der Waals surface area contributed by atoms with Gasteiger partial charge in [-0.15, -0.1) is 0 Å². The lowest BCUT2D eigenvalue weighted by Crippen LogP contribution is -2.47. The maximum atomic E-state index is 12.9. The first kappa shape index (κ1) is 18.9. The minimum absolute atomic E-state index is 0.154. The molecule has 1 heterocycles. The molecule has 1 fully saturated rings. The van der Waals surface area contributed by atoms with Gasteiger partial charge in [-0.1, -0.05) is 41.3 Å². The molecule has 5 heteroatoms. The predicted molar refractivity (Wildman–Crippen MR) is 103 cm³/mol. The van der Waals surface area contributed by atoms with Gasteiger partial charge in [0, 0.05) is 17.6 Å². The second-order valence-corrected chi connectivity index (χ2v) is 8.42. The number of rotatable bonds is 5. The van der Waals surface area contributed by atoms with Crippen molar-refractivity contribution in [1.29, 1.82) is 0 Å². The van der Waals surface area contributed by atoms with Crippen molar-refractivity contribution in [2.45, 2.75) is 57.6 Å². The number of hydrogen-bond acceptors (Lipinski definition) is 3. The lowest BCUT2D eigenvalue weighted by molar-refractivity contribution is -0.134. The van der Waals surface area contributed by atoms with E-state index in [-0.39, 0.29) is 11.9 Å².